The van der Waals surface area contributed by atoms with Crippen molar-refractivity contribution in [3.63, 3.8) is 0 Å². The van der Waals surface area contributed by atoms with E-state index in [-0.39, 0.29) is 11.3 Å². The molecule has 3 rings (SSSR count). The molecule has 0 aliphatic carbocycles. The summed E-state index contributed by atoms with van der Waals surface area (Å²) in [5.41, 5.74) is 3.19. The third-order valence-electron chi connectivity index (χ3n) is 4.62. The average Bonchev–Trinajstić information content (AvgIpc) is 3.11. The minimum Gasteiger partial charge on any atom is -0.347 e. The molecule has 0 fully saturated rings. The summed E-state index contributed by atoms with van der Waals surface area (Å²) in [6.45, 7) is 6.06. The summed E-state index contributed by atoms with van der Waals surface area (Å²) >= 11 is 13.4. The molecule has 0 spiro atoms. The van der Waals surface area contributed by atoms with Gasteiger partial charge in [0, 0.05) is 17.5 Å². The number of aryl methyl sites for hydroxylation is 1. The van der Waals surface area contributed by atoms with Crippen LogP contribution >= 0.6 is 34.5 Å². The molecule has 0 aliphatic heterocycles. The van der Waals surface area contributed by atoms with Crippen LogP contribution in [0.1, 0.15) is 40.3 Å². The lowest BCUT2D eigenvalue weighted by Gasteiger charge is -2.16. The molecule has 0 aliphatic rings. The number of benzene rings is 2. The largest absolute Gasteiger partial charge is 0.347 e. The zero-order valence-electron chi connectivity index (χ0n) is 17.0. The van der Waals surface area contributed by atoms with E-state index < -0.39 is 0 Å². The lowest BCUT2D eigenvalue weighted by molar-refractivity contribution is -0.114. The Bertz CT molecular complexity index is 1080. The number of aromatic nitrogens is 1. The Morgan fingerprint density at radius 1 is 1.10 bits per heavy atom. The van der Waals surface area contributed by atoms with Crippen LogP contribution in [0.25, 0.3) is 10.6 Å². The van der Waals surface area contributed by atoms with E-state index in [0.717, 1.165) is 28.0 Å². The lowest BCUT2D eigenvalue weighted by Crippen LogP contribution is -2.22. The highest BCUT2D eigenvalue weighted by molar-refractivity contribution is 7.17. The van der Waals surface area contributed by atoms with Gasteiger partial charge < -0.3 is 10.1 Å². The number of nitrogens with one attached hydrogen (secondary N) is 1. The molecular formula is C23H22Cl2N2O2S. The summed E-state index contributed by atoms with van der Waals surface area (Å²) in [7, 11) is 0. The number of aldehydes is 1. The van der Waals surface area contributed by atoms with Crippen molar-refractivity contribution >= 4 is 46.7 Å². The highest BCUT2D eigenvalue weighted by Crippen LogP contribution is 2.32. The van der Waals surface area contributed by atoms with Crippen LogP contribution in [0.5, 0.6) is 0 Å². The minimum atomic E-state index is -0.383. The number of hydrogen-bond donors (Lipinski definition) is 1. The topological polar surface area (TPSA) is 59.1 Å². The second kappa shape index (κ2) is 9.29. The Morgan fingerprint density at radius 3 is 2.40 bits per heavy atom. The predicted octanol–water partition coefficient (Wildman–Crippen LogP) is 6.12. The fraction of sp³-hybridized carbons (Fsp3) is 0.261. The zero-order valence-corrected chi connectivity index (χ0v) is 19.3. The lowest BCUT2D eigenvalue weighted by atomic mass is 9.87. The van der Waals surface area contributed by atoms with Gasteiger partial charge in [-0.05, 0) is 36.6 Å². The quantitative estimate of drug-likeness (QED) is 0.431. The fourth-order valence-corrected chi connectivity index (χ4v) is 4.24. The van der Waals surface area contributed by atoms with Gasteiger partial charge in [-0.3, -0.25) is 4.79 Å². The average molecular weight is 461 g/mol. The molecule has 1 amide bonds. The molecule has 1 heterocycles. The van der Waals surface area contributed by atoms with E-state index in [2.05, 4.69) is 10.3 Å². The molecule has 30 heavy (non-hydrogen) atoms. The number of rotatable bonds is 7. The highest BCUT2D eigenvalue weighted by atomic mass is 35.5. The standard InChI is InChI=1S/C23H22Cl2N2O2S/c1-14-20(30-22(27-14)17-8-9-18(24)19(25)10-17)21(29)26-12-16-6-4-15(5-7-16)11-23(2,3)13-28/h4-10,13H,11-12H2,1-3H3,(H,26,29). The SMILES string of the molecule is Cc1nc(-c2ccc(Cl)c(Cl)c2)sc1C(=O)NCc1ccc(CC(C)(C)C=O)cc1. The number of halogens is 2. The molecule has 0 unspecified atom stereocenters. The van der Waals surface area contributed by atoms with Gasteiger partial charge in [0.25, 0.3) is 5.91 Å². The summed E-state index contributed by atoms with van der Waals surface area (Å²) in [6, 6.07) is 13.2. The van der Waals surface area contributed by atoms with Gasteiger partial charge in [-0.15, -0.1) is 11.3 Å². The van der Waals surface area contributed by atoms with Crippen LogP contribution in [0.4, 0.5) is 0 Å². The first-order valence-corrected chi connectivity index (χ1v) is 11.0. The number of thiazole rings is 1. The second-order valence-electron chi connectivity index (χ2n) is 7.84. The Balaban J connectivity index is 1.66. The van der Waals surface area contributed by atoms with Crippen molar-refractivity contribution in [1.82, 2.24) is 10.3 Å². The van der Waals surface area contributed by atoms with E-state index in [9.17, 15) is 9.59 Å². The van der Waals surface area contributed by atoms with E-state index >= 15 is 0 Å². The molecule has 0 atom stereocenters. The molecule has 7 heteroatoms. The van der Waals surface area contributed by atoms with Crippen molar-refractivity contribution in [3.05, 3.63) is 74.2 Å². The van der Waals surface area contributed by atoms with E-state index in [1.807, 2.05) is 51.1 Å². The molecular weight excluding hydrogens is 439 g/mol. The van der Waals surface area contributed by atoms with Gasteiger partial charge in [-0.25, -0.2) is 4.98 Å². The Kier molecular flexibility index (Phi) is 6.96. The minimum absolute atomic E-state index is 0.164. The second-order valence-corrected chi connectivity index (χ2v) is 9.66. The Hall–Kier alpha value is -2.21. The molecule has 0 bridgehead atoms. The third-order valence-corrected chi connectivity index (χ3v) is 6.57. The summed E-state index contributed by atoms with van der Waals surface area (Å²) in [6.07, 6.45) is 1.66. The summed E-state index contributed by atoms with van der Waals surface area (Å²) in [5.74, 6) is -0.164. The number of hydrogen-bond acceptors (Lipinski definition) is 4. The van der Waals surface area contributed by atoms with Gasteiger partial charge in [0.15, 0.2) is 0 Å². The molecule has 1 aromatic heterocycles. The van der Waals surface area contributed by atoms with Crippen molar-refractivity contribution in [2.75, 3.05) is 0 Å². The van der Waals surface area contributed by atoms with Gasteiger partial charge in [-0.2, -0.15) is 0 Å². The van der Waals surface area contributed by atoms with Crippen molar-refractivity contribution < 1.29 is 9.59 Å². The highest BCUT2D eigenvalue weighted by Gasteiger charge is 2.18. The summed E-state index contributed by atoms with van der Waals surface area (Å²) in [4.78, 5) is 28.8. The molecule has 3 aromatic rings. The monoisotopic (exact) mass is 460 g/mol. The van der Waals surface area contributed by atoms with Gasteiger partial charge >= 0.3 is 0 Å². The van der Waals surface area contributed by atoms with E-state index in [0.29, 0.717) is 33.6 Å². The van der Waals surface area contributed by atoms with E-state index in [1.54, 1.807) is 12.1 Å². The summed E-state index contributed by atoms with van der Waals surface area (Å²) in [5, 5.41) is 4.60. The first-order chi connectivity index (χ1) is 14.2. The maximum absolute atomic E-state index is 12.7. The van der Waals surface area contributed by atoms with Gasteiger partial charge in [-0.1, -0.05) is 67.4 Å². The Morgan fingerprint density at radius 2 is 1.77 bits per heavy atom. The molecule has 156 valence electrons. The predicted molar refractivity (Wildman–Crippen MR) is 123 cm³/mol. The molecule has 4 nitrogen and oxygen atoms in total. The van der Waals surface area contributed by atoms with Crippen LogP contribution in [0.15, 0.2) is 42.5 Å². The maximum atomic E-state index is 12.7. The third kappa shape index (κ3) is 5.48. The van der Waals surface area contributed by atoms with Gasteiger partial charge in [0.05, 0.1) is 15.7 Å². The molecule has 0 radical (unpaired) electrons. The summed E-state index contributed by atoms with van der Waals surface area (Å²) < 4.78 is 0. The van der Waals surface area contributed by atoms with Gasteiger partial charge in [0.2, 0.25) is 0 Å². The van der Waals surface area contributed by atoms with Crippen molar-refractivity contribution in [3.8, 4) is 10.6 Å². The maximum Gasteiger partial charge on any atom is 0.263 e. The fourth-order valence-electron chi connectivity index (χ4n) is 2.97. The van der Waals surface area contributed by atoms with Gasteiger partial charge in [0.1, 0.15) is 16.2 Å². The number of carbonyl (C=O) groups excluding carboxylic acids is 2. The molecule has 0 saturated carbocycles. The van der Waals surface area contributed by atoms with Crippen LogP contribution in [-0.2, 0) is 17.8 Å². The van der Waals surface area contributed by atoms with Crippen molar-refractivity contribution in [1.29, 1.82) is 0 Å². The van der Waals surface area contributed by atoms with Crippen LogP contribution in [-0.4, -0.2) is 17.2 Å². The molecule has 2 aromatic carbocycles. The van der Waals surface area contributed by atoms with Crippen molar-refractivity contribution in [2.24, 2.45) is 5.41 Å². The van der Waals surface area contributed by atoms with E-state index in [1.165, 1.54) is 11.3 Å². The zero-order chi connectivity index (χ0) is 21.9. The van der Waals surface area contributed by atoms with Crippen LogP contribution < -0.4 is 5.32 Å². The number of nitrogens with zero attached hydrogens (tertiary/aromatic N) is 1. The number of amides is 1. The Labute approximate surface area is 190 Å². The van der Waals surface area contributed by atoms with E-state index in [4.69, 9.17) is 23.2 Å². The molecule has 1 N–H and O–H groups in total. The van der Waals surface area contributed by atoms with Crippen LogP contribution in [0, 0.1) is 12.3 Å². The normalized spacial score (nSPS) is 11.4. The first kappa shape index (κ1) is 22.5. The molecule has 0 saturated heterocycles. The van der Waals surface area contributed by atoms with Crippen molar-refractivity contribution in [2.45, 2.75) is 33.7 Å². The smallest absolute Gasteiger partial charge is 0.263 e. The first-order valence-electron chi connectivity index (χ1n) is 9.44. The van der Waals surface area contributed by atoms with Crippen LogP contribution in [0.3, 0.4) is 0 Å². The number of carbonyl (C=O) groups is 2. The van der Waals surface area contributed by atoms with Crippen LogP contribution in [0.2, 0.25) is 10.0 Å².